The van der Waals surface area contributed by atoms with Crippen LogP contribution in [-0.4, -0.2) is 53.8 Å². The monoisotopic (exact) mass is 286 g/mol. The van der Waals surface area contributed by atoms with Gasteiger partial charge in [-0.3, -0.25) is 0 Å². The molecular formula is C14H26N2O4. The number of methoxy groups -OCH3 is 1. The van der Waals surface area contributed by atoms with Crippen LogP contribution in [0.1, 0.15) is 40.0 Å². The van der Waals surface area contributed by atoms with Crippen molar-refractivity contribution in [3.63, 3.8) is 0 Å². The normalized spacial score (nSPS) is 25.9. The minimum Gasteiger partial charge on any atom is -0.480 e. The number of piperidine rings is 1. The van der Waals surface area contributed by atoms with Crippen LogP contribution in [0, 0.1) is 5.92 Å². The topological polar surface area (TPSA) is 78.9 Å². The first-order valence-corrected chi connectivity index (χ1v) is 7.16. The second kappa shape index (κ2) is 6.92. The smallest absolute Gasteiger partial charge is 0.326 e. The Bertz CT molecular complexity index is 361. The van der Waals surface area contributed by atoms with E-state index in [1.54, 1.807) is 12.0 Å². The highest BCUT2D eigenvalue weighted by Gasteiger charge is 2.35. The molecule has 0 saturated carbocycles. The van der Waals surface area contributed by atoms with Crippen molar-refractivity contribution in [1.29, 1.82) is 0 Å². The molecule has 0 spiro atoms. The van der Waals surface area contributed by atoms with E-state index in [0.717, 1.165) is 12.8 Å². The maximum atomic E-state index is 12.2. The van der Waals surface area contributed by atoms with Crippen LogP contribution in [0.25, 0.3) is 0 Å². The van der Waals surface area contributed by atoms with E-state index in [9.17, 15) is 14.7 Å². The van der Waals surface area contributed by atoms with Gasteiger partial charge < -0.3 is 20.1 Å². The van der Waals surface area contributed by atoms with Crippen LogP contribution in [0.15, 0.2) is 0 Å². The fraction of sp³-hybridized carbons (Fsp3) is 0.857. The summed E-state index contributed by atoms with van der Waals surface area (Å²) in [7, 11) is 1.64. The zero-order chi connectivity index (χ0) is 15.3. The number of carboxylic acid groups (broad SMARTS) is 1. The van der Waals surface area contributed by atoms with E-state index in [4.69, 9.17) is 4.74 Å². The van der Waals surface area contributed by atoms with E-state index in [1.165, 1.54) is 0 Å². The van der Waals surface area contributed by atoms with Crippen LogP contribution >= 0.6 is 0 Å². The Morgan fingerprint density at radius 3 is 2.65 bits per heavy atom. The van der Waals surface area contributed by atoms with Gasteiger partial charge in [0, 0.05) is 13.7 Å². The summed E-state index contributed by atoms with van der Waals surface area (Å²) in [6.45, 7) is 6.83. The summed E-state index contributed by atoms with van der Waals surface area (Å²) in [6, 6.07) is -1.16. The quantitative estimate of drug-likeness (QED) is 0.806. The van der Waals surface area contributed by atoms with Crippen molar-refractivity contribution in [2.24, 2.45) is 5.92 Å². The van der Waals surface area contributed by atoms with Crippen LogP contribution in [0.3, 0.4) is 0 Å². The summed E-state index contributed by atoms with van der Waals surface area (Å²) in [5.41, 5.74) is -0.343. The fourth-order valence-corrected chi connectivity index (χ4v) is 2.45. The summed E-state index contributed by atoms with van der Waals surface area (Å²) < 4.78 is 5.44. The summed E-state index contributed by atoms with van der Waals surface area (Å²) in [5, 5.41) is 11.8. The van der Waals surface area contributed by atoms with Crippen molar-refractivity contribution < 1.29 is 19.4 Å². The Labute approximate surface area is 120 Å². The maximum absolute atomic E-state index is 12.2. The number of carboxylic acids is 1. The number of rotatable bonds is 5. The van der Waals surface area contributed by atoms with Crippen molar-refractivity contribution in [1.82, 2.24) is 10.2 Å². The highest BCUT2D eigenvalue weighted by molar-refractivity contribution is 5.82. The van der Waals surface area contributed by atoms with Gasteiger partial charge in [-0.05, 0) is 25.7 Å². The van der Waals surface area contributed by atoms with Crippen molar-refractivity contribution in [3.8, 4) is 0 Å². The van der Waals surface area contributed by atoms with Crippen molar-refractivity contribution >= 4 is 12.0 Å². The van der Waals surface area contributed by atoms with E-state index >= 15 is 0 Å². The lowest BCUT2D eigenvalue weighted by Gasteiger charge is -2.39. The number of carbonyl (C=O) groups excluding carboxylic acids is 1. The molecule has 0 bridgehead atoms. The number of nitrogens with zero attached hydrogens (tertiary/aromatic N) is 1. The SMILES string of the molecule is CCC(C)C(NC(=O)N1CCCC(C)(OC)C1)C(=O)O. The van der Waals surface area contributed by atoms with Crippen LogP contribution in [0.2, 0.25) is 0 Å². The number of likely N-dealkylation sites (tertiary alicyclic amines) is 1. The minimum atomic E-state index is -0.987. The largest absolute Gasteiger partial charge is 0.480 e. The third-order valence-corrected chi connectivity index (χ3v) is 4.20. The highest BCUT2D eigenvalue weighted by atomic mass is 16.5. The van der Waals surface area contributed by atoms with Gasteiger partial charge in [-0.1, -0.05) is 20.3 Å². The van der Waals surface area contributed by atoms with Crippen LogP contribution in [-0.2, 0) is 9.53 Å². The second-order valence-corrected chi connectivity index (χ2v) is 5.83. The molecule has 6 heteroatoms. The molecule has 0 aromatic rings. The van der Waals surface area contributed by atoms with Gasteiger partial charge in [0.15, 0.2) is 0 Å². The number of hydrogen-bond acceptors (Lipinski definition) is 3. The molecule has 20 heavy (non-hydrogen) atoms. The fourth-order valence-electron chi connectivity index (χ4n) is 2.45. The molecule has 116 valence electrons. The molecule has 3 atom stereocenters. The van der Waals surface area contributed by atoms with Gasteiger partial charge in [-0.15, -0.1) is 0 Å². The van der Waals surface area contributed by atoms with E-state index < -0.39 is 12.0 Å². The number of ether oxygens (including phenoxy) is 1. The summed E-state index contributed by atoms with van der Waals surface area (Å²) in [4.78, 5) is 25.1. The predicted molar refractivity (Wildman–Crippen MR) is 75.6 cm³/mol. The zero-order valence-corrected chi connectivity index (χ0v) is 12.8. The first-order valence-electron chi connectivity index (χ1n) is 7.16. The number of nitrogens with one attached hydrogen (secondary N) is 1. The molecule has 0 aliphatic carbocycles. The second-order valence-electron chi connectivity index (χ2n) is 5.83. The van der Waals surface area contributed by atoms with E-state index in [1.807, 2.05) is 20.8 Å². The van der Waals surface area contributed by atoms with E-state index in [0.29, 0.717) is 19.5 Å². The lowest BCUT2D eigenvalue weighted by atomic mass is 9.95. The number of amides is 2. The van der Waals surface area contributed by atoms with Gasteiger partial charge >= 0.3 is 12.0 Å². The molecule has 2 amide bonds. The lowest BCUT2D eigenvalue weighted by Crippen LogP contribution is -2.56. The van der Waals surface area contributed by atoms with Crippen molar-refractivity contribution in [2.75, 3.05) is 20.2 Å². The van der Waals surface area contributed by atoms with Crippen molar-refractivity contribution in [3.05, 3.63) is 0 Å². The Kier molecular flexibility index (Phi) is 5.80. The maximum Gasteiger partial charge on any atom is 0.326 e. The lowest BCUT2D eigenvalue weighted by molar-refractivity contribution is -0.140. The number of carbonyl (C=O) groups is 2. The van der Waals surface area contributed by atoms with Gasteiger partial charge in [0.1, 0.15) is 6.04 Å². The molecular weight excluding hydrogens is 260 g/mol. The molecule has 0 aromatic heterocycles. The molecule has 6 nitrogen and oxygen atoms in total. The molecule has 1 rings (SSSR count). The van der Waals surface area contributed by atoms with Crippen molar-refractivity contribution in [2.45, 2.75) is 51.7 Å². The predicted octanol–water partition coefficient (Wildman–Crippen LogP) is 1.70. The Hall–Kier alpha value is -1.30. The Morgan fingerprint density at radius 1 is 1.50 bits per heavy atom. The van der Waals surface area contributed by atoms with Gasteiger partial charge in [0.05, 0.1) is 12.1 Å². The molecule has 2 N–H and O–H groups in total. The minimum absolute atomic E-state index is 0.102. The third kappa shape index (κ3) is 4.10. The molecule has 1 saturated heterocycles. The summed E-state index contributed by atoms with van der Waals surface area (Å²) in [5.74, 6) is -1.09. The number of aliphatic carboxylic acids is 1. The Morgan fingerprint density at radius 2 is 2.15 bits per heavy atom. The molecule has 0 aromatic carbocycles. The molecule has 1 aliphatic rings. The molecule has 1 fully saturated rings. The van der Waals surface area contributed by atoms with Gasteiger partial charge in [-0.2, -0.15) is 0 Å². The van der Waals surface area contributed by atoms with Gasteiger partial charge in [0.25, 0.3) is 0 Å². The molecule has 1 aliphatic heterocycles. The van der Waals surface area contributed by atoms with Crippen LogP contribution < -0.4 is 5.32 Å². The zero-order valence-electron chi connectivity index (χ0n) is 12.8. The average Bonchev–Trinajstić information content (AvgIpc) is 2.43. The average molecular weight is 286 g/mol. The summed E-state index contributed by atoms with van der Waals surface area (Å²) in [6.07, 6.45) is 2.47. The Balaban J connectivity index is 2.67. The number of urea groups is 1. The first kappa shape index (κ1) is 16.8. The summed E-state index contributed by atoms with van der Waals surface area (Å²) >= 11 is 0. The van der Waals surface area contributed by atoms with Crippen LogP contribution in [0.5, 0.6) is 0 Å². The standard InChI is InChI=1S/C14H26N2O4/c1-5-10(2)11(12(17)18)15-13(19)16-8-6-7-14(3,9-16)20-4/h10-11H,5-9H2,1-4H3,(H,15,19)(H,17,18). The molecule has 3 unspecified atom stereocenters. The third-order valence-electron chi connectivity index (χ3n) is 4.20. The first-order chi connectivity index (χ1) is 9.33. The van der Waals surface area contributed by atoms with Gasteiger partial charge in [0.2, 0.25) is 0 Å². The highest BCUT2D eigenvalue weighted by Crippen LogP contribution is 2.24. The van der Waals surface area contributed by atoms with Crippen LogP contribution in [0.4, 0.5) is 4.79 Å². The van der Waals surface area contributed by atoms with Gasteiger partial charge in [-0.25, -0.2) is 9.59 Å². The molecule has 0 radical (unpaired) electrons. The molecule has 1 heterocycles. The number of hydrogen-bond donors (Lipinski definition) is 2. The van der Waals surface area contributed by atoms with E-state index in [2.05, 4.69) is 5.32 Å². The van der Waals surface area contributed by atoms with E-state index in [-0.39, 0.29) is 17.6 Å².